The molecular weight excluding hydrogens is 330 g/mol. The number of halogens is 1. The fourth-order valence-corrected chi connectivity index (χ4v) is 2.59. The molecule has 0 fully saturated rings. The van der Waals surface area contributed by atoms with Gasteiger partial charge in [-0.1, -0.05) is 22.0 Å². The van der Waals surface area contributed by atoms with Crippen molar-refractivity contribution in [3.05, 3.63) is 52.5 Å². The Morgan fingerprint density at radius 3 is 2.48 bits per heavy atom. The molecule has 2 aromatic rings. The Hall–Kier alpha value is -1.68. The van der Waals surface area contributed by atoms with Gasteiger partial charge in [-0.15, -0.1) is 0 Å². The van der Waals surface area contributed by atoms with Crippen molar-refractivity contribution >= 4 is 21.6 Å². The molecule has 1 N–H and O–H groups in total. The fraction of sp³-hybridized carbons (Fsp3) is 0.294. The number of benzene rings is 2. The van der Waals surface area contributed by atoms with E-state index in [4.69, 9.17) is 9.47 Å². The first-order valence-corrected chi connectivity index (χ1v) is 7.93. The third kappa shape index (κ3) is 3.50. The largest absolute Gasteiger partial charge is 0.490 e. The van der Waals surface area contributed by atoms with Gasteiger partial charge >= 0.3 is 0 Å². The monoisotopic (exact) mass is 347 g/mol. The lowest BCUT2D eigenvalue weighted by atomic mass is 10.1. The van der Waals surface area contributed by atoms with Gasteiger partial charge in [0.1, 0.15) is 0 Å². The summed E-state index contributed by atoms with van der Waals surface area (Å²) in [7, 11) is 0. The van der Waals surface area contributed by atoms with Crippen LogP contribution in [0.15, 0.2) is 46.9 Å². The maximum absolute atomic E-state index is 5.75. The van der Waals surface area contributed by atoms with Crippen LogP contribution in [-0.2, 0) is 0 Å². The molecule has 21 heavy (non-hydrogen) atoms. The minimum atomic E-state index is 0.198. The summed E-state index contributed by atoms with van der Waals surface area (Å²) in [5.41, 5.74) is 2.28. The summed E-state index contributed by atoms with van der Waals surface area (Å²) in [6, 6.07) is 14.5. The molecule has 0 amide bonds. The summed E-state index contributed by atoms with van der Waals surface area (Å²) in [6.45, 7) is 3.57. The summed E-state index contributed by atoms with van der Waals surface area (Å²) in [4.78, 5) is 0. The maximum Gasteiger partial charge on any atom is 0.161 e. The molecule has 0 saturated carbocycles. The zero-order valence-electron chi connectivity index (χ0n) is 11.9. The van der Waals surface area contributed by atoms with E-state index in [2.05, 4.69) is 52.4 Å². The molecule has 4 heteroatoms. The van der Waals surface area contributed by atoms with Crippen LogP contribution in [0.2, 0.25) is 0 Å². The maximum atomic E-state index is 5.75. The Morgan fingerprint density at radius 2 is 1.71 bits per heavy atom. The molecule has 1 unspecified atom stereocenters. The van der Waals surface area contributed by atoms with Crippen molar-refractivity contribution in [2.45, 2.75) is 19.4 Å². The molecule has 1 atom stereocenters. The fourth-order valence-electron chi connectivity index (χ4n) is 2.33. The Labute approximate surface area is 133 Å². The van der Waals surface area contributed by atoms with E-state index < -0.39 is 0 Å². The van der Waals surface area contributed by atoms with E-state index in [1.54, 1.807) is 0 Å². The predicted molar refractivity (Wildman–Crippen MR) is 88.2 cm³/mol. The van der Waals surface area contributed by atoms with Crippen LogP contribution in [0, 0.1) is 0 Å². The van der Waals surface area contributed by atoms with Gasteiger partial charge in [0.15, 0.2) is 11.5 Å². The first kappa shape index (κ1) is 14.3. The van der Waals surface area contributed by atoms with Gasteiger partial charge in [-0.25, -0.2) is 0 Å². The van der Waals surface area contributed by atoms with Gasteiger partial charge in [-0.2, -0.15) is 0 Å². The highest BCUT2D eigenvalue weighted by Gasteiger charge is 2.13. The summed E-state index contributed by atoms with van der Waals surface area (Å²) in [5.74, 6) is 1.68. The molecule has 0 bridgehead atoms. The first-order chi connectivity index (χ1) is 10.2. The normalized spacial score (nSPS) is 15.1. The Morgan fingerprint density at radius 1 is 1.00 bits per heavy atom. The Kier molecular flexibility index (Phi) is 4.34. The lowest BCUT2D eigenvalue weighted by Gasteiger charge is -2.17. The number of anilines is 1. The highest BCUT2D eigenvalue weighted by atomic mass is 79.9. The summed E-state index contributed by atoms with van der Waals surface area (Å²) < 4.78 is 12.5. The van der Waals surface area contributed by atoms with Gasteiger partial charge < -0.3 is 14.8 Å². The lowest BCUT2D eigenvalue weighted by molar-refractivity contribution is 0.297. The molecule has 1 aliphatic rings. The molecule has 1 heterocycles. The first-order valence-electron chi connectivity index (χ1n) is 7.14. The highest BCUT2D eigenvalue weighted by molar-refractivity contribution is 9.10. The minimum Gasteiger partial charge on any atom is -0.490 e. The zero-order valence-corrected chi connectivity index (χ0v) is 13.5. The molecule has 0 radical (unpaired) electrons. The molecule has 0 aromatic heterocycles. The van der Waals surface area contributed by atoms with E-state index in [0.717, 1.165) is 34.7 Å². The third-order valence-electron chi connectivity index (χ3n) is 3.50. The quantitative estimate of drug-likeness (QED) is 0.866. The molecular formula is C17H18BrNO2. The smallest absolute Gasteiger partial charge is 0.161 e. The van der Waals surface area contributed by atoms with Crippen LogP contribution in [0.5, 0.6) is 11.5 Å². The molecule has 1 aliphatic heterocycles. The van der Waals surface area contributed by atoms with Crippen molar-refractivity contribution in [3.63, 3.8) is 0 Å². The zero-order chi connectivity index (χ0) is 14.7. The topological polar surface area (TPSA) is 30.5 Å². The number of fused-ring (bicyclic) bond motifs is 1. The second-order valence-corrected chi connectivity index (χ2v) is 6.05. The van der Waals surface area contributed by atoms with Crippen LogP contribution in [0.1, 0.15) is 24.9 Å². The van der Waals surface area contributed by atoms with Crippen LogP contribution >= 0.6 is 15.9 Å². The SMILES string of the molecule is CC(Nc1ccc(Br)cc1)c1ccc2c(c1)OCCCO2. The van der Waals surface area contributed by atoms with Crippen LogP contribution in [0.3, 0.4) is 0 Å². The van der Waals surface area contributed by atoms with Crippen molar-refractivity contribution in [1.82, 2.24) is 0 Å². The molecule has 0 saturated heterocycles. The molecule has 0 spiro atoms. The number of rotatable bonds is 3. The predicted octanol–water partition coefficient (Wildman–Crippen LogP) is 4.78. The molecule has 2 aromatic carbocycles. The third-order valence-corrected chi connectivity index (χ3v) is 4.03. The molecule has 3 rings (SSSR count). The number of hydrogen-bond donors (Lipinski definition) is 1. The number of ether oxygens (including phenoxy) is 2. The lowest BCUT2D eigenvalue weighted by Crippen LogP contribution is -2.07. The van der Waals surface area contributed by atoms with Gasteiger partial charge in [-0.3, -0.25) is 0 Å². The van der Waals surface area contributed by atoms with Crippen molar-refractivity contribution in [3.8, 4) is 11.5 Å². The van der Waals surface area contributed by atoms with Gasteiger partial charge in [0.2, 0.25) is 0 Å². The Balaban J connectivity index is 1.76. The average Bonchev–Trinajstić information content (AvgIpc) is 2.74. The van der Waals surface area contributed by atoms with Gasteiger partial charge in [0.05, 0.1) is 13.2 Å². The average molecular weight is 348 g/mol. The number of hydrogen-bond acceptors (Lipinski definition) is 3. The molecule has 0 aliphatic carbocycles. The van der Waals surface area contributed by atoms with E-state index in [1.807, 2.05) is 18.2 Å². The van der Waals surface area contributed by atoms with Crippen LogP contribution < -0.4 is 14.8 Å². The second-order valence-electron chi connectivity index (χ2n) is 5.13. The van der Waals surface area contributed by atoms with E-state index in [9.17, 15) is 0 Å². The van der Waals surface area contributed by atoms with Crippen LogP contribution in [-0.4, -0.2) is 13.2 Å². The van der Waals surface area contributed by atoms with Crippen molar-refractivity contribution in [2.24, 2.45) is 0 Å². The van der Waals surface area contributed by atoms with Gasteiger partial charge in [-0.05, 0) is 48.9 Å². The van der Waals surface area contributed by atoms with Crippen molar-refractivity contribution < 1.29 is 9.47 Å². The minimum absolute atomic E-state index is 0.198. The second kappa shape index (κ2) is 6.39. The van der Waals surface area contributed by atoms with Gasteiger partial charge in [0, 0.05) is 22.6 Å². The summed E-state index contributed by atoms with van der Waals surface area (Å²) in [6.07, 6.45) is 0.927. The number of nitrogens with one attached hydrogen (secondary N) is 1. The molecule has 3 nitrogen and oxygen atoms in total. The van der Waals surface area contributed by atoms with E-state index in [0.29, 0.717) is 6.61 Å². The summed E-state index contributed by atoms with van der Waals surface area (Å²) >= 11 is 3.45. The van der Waals surface area contributed by atoms with Crippen molar-refractivity contribution in [2.75, 3.05) is 18.5 Å². The highest BCUT2D eigenvalue weighted by Crippen LogP contribution is 2.33. The van der Waals surface area contributed by atoms with Crippen LogP contribution in [0.4, 0.5) is 5.69 Å². The van der Waals surface area contributed by atoms with Crippen LogP contribution in [0.25, 0.3) is 0 Å². The summed E-state index contributed by atoms with van der Waals surface area (Å²) in [5, 5.41) is 3.49. The molecule has 110 valence electrons. The van der Waals surface area contributed by atoms with E-state index in [-0.39, 0.29) is 6.04 Å². The Bertz CT molecular complexity index is 613. The standard InChI is InChI=1S/C17H18BrNO2/c1-12(19-15-6-4-14(18)5-7-15)13-3-8-16-17(11-13)21-10-2-9-20-16/h3-8,11-12,19H,2,9-10H2,1H3. The van der Waals surface area contributed by atoms with E-state index in [1.165, 1.54) is 5.56 Å². The van der Waals surface area contributed by atoms with E-state index >= 15 is 0 Å². The van der Waals surface area contributed by atoms with Crippen molar-refractivity contribution in [1.29, 1.82) is 0 Å². The van der Waals surface area contributed by atoms with Gasteiger partial charge in [0.25, 0.3) is 0 Å².